The summed E-state index contributed by atoms with van der Waals surface area (Å²) in [6, 6.07) is 48.3. The molecule has 0 atom stereocenters. The number of Topliss-reactive ketones (excluding diaryl/α,β-unsaturated/α-hetero) is 2. The molecule has 4 aromatic carbocycles. The molecular formula is C83H114Br2Cl4LiN11O8Sn2. The normalized spacial score (nSPS) is 10.0. The SMILES string of the molecule is Brc1ccccn1.CC(=O)Cc1c(-c2ccccn2)cccc1[N+](=O)[O-].CC(=O)Cc1c(Br)cccc1[N+](=O)[O-].CCC[CH2][Sn]([CH2]CCC)([CH2]CCC)[c]1ccccn1.CCC[CH2][Sn]([Cl])([CH2]CCC)[CH2]CCC.Cl.Cl.Cl.Nc1c(-c2ccccn2)cccc1[N+](=O)[O-].Nc1cccc(-c2ccccn2)c1N.[CH2-]CCC.[Li+]. The van der Waals surface area contributed by atoms with Crippen molar-refractivity contribution in [2.75, 3.05) is 17.2 Å². The van der Waals surface area contributed by atoms with Crippen molar-refractivity contribution >= 4 is 163 Å². The van der Waals surface area contributed by atoms with Gasteiger partial charge >= 0.3 is 242 Å². The molecule has 600 valence electrons. The molecule has 0 unspecified atom stereocenters. The summed E-state index contributed by atoms with van der Waals surface area (Å²) in [5.74, 6) is -0.216. The van der Waals surface area contributed by atoms with Gasteiger partial charge in [-0.2, -0.15) is 6.42 Å². The van der Waals surface area contributed by atoms with Crippen molar-refractivity contribution in [2.24, 2.45) is 0 Å². The van der Waals surface area contributed by atoms with E-state index < -0.39 is 50.4 Å². The van der Waals surface area contributed by atoms with E-state index in [1.807, 2.05) is 54.7 Å². The molecule has 19 nitrogen and oxygen atoms in total. The van der Waals surface area contributed by atoms with Crippen molar-refractivity contribution in [2.45, 2.75) is 192 Å². The standard InChI is InChI=1S/C14H12N2O3.C11H9N3O2.C11H11N3.C9H8BrNO3.C5H4BrN.C5H4N.7C4H9.4ClH.Li.2Sn/c1-10(17)9-12-11(13-6-2-3-8-15-13)5-4-7-14(12)16(18)19;12-11-8(9-5-1-2-7-13-9)4-3-6-10(11)14(15)16;12-9-5-3-4-8(11(9)13)10-6-1-2-7-14-10;1-6(12)5-7-8(10)3-2-4-9(7)11(13)14;6-5-3-1-2-4-7-5;1-2-4-6-5-3-1;7*1-3-4-2;;;;;;;/h2-8H,9H2,1H3;1-7H,12H2;1-7H,12-13H2;2-4H,5H2,1H3;1-4H;1-4H;7*1,3-4H2,2H3;4*1H;;;/q;;;;;;;;;;;;-1;;;;;+1;;+1/p-1. The largest absolute Gasteiger partial charge is 1.00 e. The van der Waals surface area contributed by atoms with Crippen LogP contribution in [0.25, 0.3) is 33.8 Å². The molecule has 0 spiro atoms. The molecule has 5 heterocycles. The fraction of sp³-hybridized carbons (Fsp3) is 0.373. The van der Waals surface area contributed by atoms with Gasteiger partial charge in [0.2, 0.25) is 0 Å². The van der Waals surface area contributed by atoms with Crippen LogP contribution in [0, 0.1) is 37.3 Å². The van der Waals surface area contributed by atoms with Gasteiger partial charge < -0.3 is 24.1 Å². The molecule has 9 rings (SSSR count). The van der Waals surface area contributed by atoms with E-state index in [0.29, 0.717) is 49.5 Å². The number of nitrogens with zero attached hydrogens (tertiary/aromatic N) is 8. The first kappa shape index (κ1) is 109. The van der Waals surface area contributed by atoms with Crippen LogP contribution in [0.2, 0.25) is 26.6 Å². The first-order chi connectivity index (χ1) is 51.4. The molecule has 111 heavy (non-hydrogen) atoms. The van der Waals surface area contributed by atoms with Crippen LogP contribution < -0.4 is 39.8 Å². The Kier molecular flexibility index (Phi) is 63.1. The third-order valence-electron chi connectivity index (χ3n) is 16.9. The number of anilines is 3. The van der Waals surface area contributed by atoms with Gasteiger partial charge in [0, 0.05) is 82.6 Å². The van der Waals surface area contributed by atoms with Gasteiger partial charge in [-0.25, -0.2) is 4.98 Å². The van der Waals surface area contributed by atoms with Crippen molar-refractivity contribution in [3.63, 3.8) is 0 Å². The number of hydrogen-bond donors (Lipinski definition) is 3. The van der Waals surface area contributed by atoms with Gasteiger partial charge in [0.05, 0.1) is 48.8 Å². The molecule has 9 aromatic rings. The van der Waals surface area contributed by atoms with Crippen LogP contribution in [0.1, 0.15) is 163 Å². The Labute approximate surface area is 718 Å². The van der Waals surface area contributed by atoms with Gasteiger partial charge in [0.25, 0.3) is 17.1 Å². The maximum absolute atomic E-state index is 11.3. The number of benzene rings is 4. The minimum absolute atomic E-state index is 0. The number of para-hydroxylation sites is 2. The molecule has 0 amide bonds. The monoisotopic (exact) mass is 1940 g/mol. The van der Waals surface area contributed by atoms with Crippen LogP contribution in [-0.2, 0) is 22.4 Å². The summed E-state index contributed by atoms with van der Waals surface area (Å²) >= 11 is 2.09. The second-order valence-corrected chi connectivity index (χ2v) is 56.5. The van der Waals surface area contributed by atoms with E-state index in [-0.39, 0.29) is 103 Å². The third kappa shape index (κ3) is 42.7. The maximum atomic E-state index is 11.3. The molecule has 28 heteroatoms. The van der Waals surface area contributed by atoms with E-state index in [4.69, 9.17) is 31.1 Å². The van der Waals surface area contributed by atoms with Gasteiger partial charge in [-0.3, -0.25) is 54.9 Å². The van der Waals surface area contributed by atoms with Crippen LogP contribution in [0.3, 0.4) is 0 Å². The van der Waals surface area contributed by atoms with E-state index in [1.54, 1.807) is 107 Å². The summed E-state index contributed by atoms with van der Waals surface area (Å²) < 4.78 is 11.8. The number of carbonyl (C=O) groups excluding carboxylic acids is 2. The van der Waals surface area contributed by atoms with E-state index in [9.17, 15) is 39.9 Å². The topological polar surface area (TPSA) is 306 Å². The Balaban J connectivity index is -0.00000122. The average Bonchev–Trinajstić information content (AvgIpc) is 0.830. The van der Waals surface area contributed by atoms with Crippen LogP contribution >= 0.6 is 78.0 Å². The van der Waals surface area contributed by atoms with E-state index in [1.165, 1.54) is 142 Å². The minimum Gasteiger partial charge on any atom is -0.397 e. The smallest absolute Gasteiger partial charge is 0.397 e. The first-order valence-corrected chi connectivity index (χ1v) is 55.7. The number of pyridine rings is 5. The number of unbranched alkanes of at least 4 members (excludes halogenated alkanes) is 7. The Hall–Kier alpha value is -6.12. The van der Waals surface area contributed by atoms with Gasteiger partial charge in [-0.05, 0) is 90.4 Å². The molecule has 5 aromatic heterocycles. The van der Waals surface area contributed by atoms with Crippen LogP contribution in [0.5, 0.6) is 0 Å². The molecule has 0 fully saturated rings. The number of rotatable bonds is 30. The van der Waals surface area contributed by atoms with E-state index in [0.717, 1.165) is 22.3 Å². The molecule has 0 radical (unpaired) electrons. The summed E-state index contributed by atoms with van der Waals surface area (Å²) in [5.41, 5.74) is 23.5. The van der Waals surface area contributed by atoms with Crippen molar-refractivity contribution in [3.8, 4) is 33.8 Å². The molecule has 0 aliphatic rings. The quantitative estimate of drug-likeness (QED) is 0.00941. The fourth-order valence-electron chi connectivity index (χ4n) is 11.0. The van der Waals surface area contributed by atoms with E-state index in [2.05, 4.69) is 125 Å². The Bertz CT molecular complexity index is 3980. The molecule has 0 bridgehead atoms. The number of hydrogen-bond acceptors (Lipinski definition) is 16. The van der Waals surface area contributed by atoms with Gasteiger partial charge in [-0.1, -0.05) is 96.0 Å². The Morgan fingerprint density at radius 2 is 0.757 bits per heavy atom. The zero-order valence-corrected chi connectivity index (χ0v) is 78.3. The molecule has 0 aliphatic carbocycles. The van der Waals surface area contributed by atoms with Crippen molar-refractivity contribution < 1.29 is 43.2 Å². The molecular weight excluding hydrogens is 1820 g/mol. The number of nitro benzene ring substituents is 3. The second-order valence-electron chi connectivity index (χ2n) is 25.5. The van der Waals surface area contributed by atoms with Crippen LogP contribution in [-0.4, -0.2) is 86.9 Å². The minimum atomic E-state index is -2.21. The maximum Gasteiger partial charge on any atom is 1.00 e. The summed E-state index contributed by atoms with van der Waals surface area (Å²) in [5, 5.41) is 32.4. The number of halogens is 6. The Morgan fingerprint density at radius 3 is 1.10 bits per heavy atom. The van der Waals surface area contributed by atoms with Crippen molar-refractivity contribution in [1.82, 2.24) is 24.9 Å². The third-order valence-corrected chi connectivity index (χ3v) is 47.8. The van der Waals surface area contributed by atoms with Gasteiger partial charge in [-0.15, -0.1) is 37.2 Å². The zero-order chi connectivity index (χ0) is 79.4. The Morgan fingerprint density at radius 1 is 0.423 bits per heavy atom. The van der Waals surface area contributed by atoms with Crippen LogP contribution in [0.15, 0.2) is 204 Å². The van der Waals surface area contributed by atoms with Crippen molar-refractivity contribution in [1.29, 1.82) is 0 Å². The van der Waals surface area contributed by atoms with Gasteiger partial charge in [0.15, 0.2) is 0 Å². The number of nitrogens with two attached hydrogens (primary N) is 3. The molecule has 0 saturated carbocycles. The molecule has 0 aliphatic heterocycles. The first-order valence-electron chi connectivity index (χ1n) is 36.9. The summed E-state index contributed by atoms with van der Waals surface area (Å²) in [6.45, 7) is 22.4. The predicted molar refractivity (Wildman–Crippen MR) is 479 cm³/mol. The summed E-state index contributed by atoms with van der Waals surface area (Å²) in [6.07, 6.45) is 27.5. The van der Waals surface area contributed by atoms with Crippen LogP contribution in [0.4, 0.5) is 34.1 Å². The fourth-order valence-corrected chi connectivity index (χ4v) is 40.5. The van der Waals surface area contributed by atoms with E-state index >= 15 is 0 Å². The second kappa shape index (κ2) is 64.2. The number of nitrogen functional groups attached to an aromatic ring is 3. The predicted octanol–water partition coefficient (Wildman–Crippen LogP) is 21.9. The number of nitro groups is 3. The molecule has 0 saturated heterocycles. The van der Waals surface area contributed by atoms with Crippen molar-refractivity contribution in [3.05, 3.63) is 252 Å². The average molecular weight is 1940 g/mol. The summed E-state index contributed by atoms with van der Waals surface area (Å²) in [4.78, 5) is 74.4. The zero-order valence-electron chi connectivity index (χ0n) is 66.2. The number of aromatic nitrogens is 5. The summed E-state index contributed by atoms with van der Waals surface area (Å²) in [7, 11) is 6.89. The number of carbonyl (C=O) groups is 2. The van der Waals surface area contributed by atoms with Gasteiger partial charge in [0.1, 0.15) is 21.9 Å². The number of ketones is 2. The molecule has 6 N–H and O–H groups in total.